The fourth-order valence-electron chi connectivity index (χ4n) is 17.4. The molecule has 0 bridgehead atoms. The van der Waals surface area contributed by atoms with E-state index in [0.717, 1.165) is 224 Å². The third-order valence-corrected chi connectivity index (χ3v) is 26.8. The van der Waals surface area contributed by atoms with Gasteiger partial charge in [-0.2, -0.15) is 34.0 Å². The zero-order chi connectivity index (χ0) is 87.4. The molecule has 0 aliphatic carbocycles. The minimum absolute atomic E-state index is 0. The van der Waals surface area contributed by atoms with Gasteiger partial charge >= 0.3 is 63.2 Å². The molecular weight excluding hydrogens is 2260 g/mol. The number of nitrogens with zero attached hydrogens (tertiary/aromatic N) is 14. The van der Waals surface area contributed by atoms with Gasteiger partial charge in [0.25, 0.3) is 0 Å². The summed E-state index contributed by atoms with van der Waals surface area (Å²) in [7, 11) is 0. The molecule has 14 nitrogen and oxygen atoms in total. The van der Waals surface area contributed by atoms with Crippen LogP contribution in [0, 0.1) is 36.4 Å². The first-order chi connectivity index (χ1) is 65.4. The summed E-state index contributed by atoms with van der Waals surface area (Å²) in [5.41, 5.74) is 30.4. The Morgan fingerprint density at radius 3 is 1.19 bits per heavy atom. The van der Waals surface area contributed by atoms with Crippen molar-refractivity contribution in [2.45, 2.75) is 0 Å². The normalized spacial score (nSPS) is 11.2. The van der Waals surface area contributed by atoms with E-state index in [1.54, 1.807) is 65.0 Å². The second-order valence-electron chi connectivity index (χ2n) is 31.6. The summed E-state index contributed by atoms with van der Waals surface area (Å²) in [6.07, 6.45) is 22.1. The Kier molecular flexibility index (Phi) is 24.3. The van der Waals surface area contributed by atoms with E-state index in [0.29, 0.717) is 0 Å². The van der Waals surface area contributed by atoms with Crippen LogP contribution < -0.4 is 0 Å². The van der Waals surface area contributed by atoms with E-state index in [2.05, 4.69) is 303 Å². The number of pyridine rings is 8. The van der Waals surface area contributed by atoms with E-state index in [1.165, 1.54) is 10.1 Å². The SMILES string of the molecule is [Pt+2].[Pt+2].[Pt+2].[c-]1c(-c2cccc(-c3cccnc3)n2)cccc1-n1c2[c-]c(-c3nc4ccccc4s3)ccc2c2ccccc21.[c-]1c(-c2ccccn2)ccc(-c2cccnc2)c1-n1c2[c-]c(-c3nc4ccccc4s3)ccc2c2cc(-c3cccnc3)ccc21.[c-]1c(-c2ccccn2)cccc1-n1c2[c-]c(-c3nc4ccccc4s3)c(-c3cccnc3)cc2c2cc(-c3cccnc3)ccc21. The van der Waals surface area contributed by atoms with Crippen molar-refractivity contribution in [3.05, 3.63) is 438 Å². The van der Waals surface area contributed by atoms with Crippen LogP contribution >= 0.6 is 34.0 Å². The van der Waals surface area contributed by atoms with E-state index in [9.17, 15) is 0 Å². The second kappa shape index (κ2) is 37.9. The van der Waals surface area contributed by atoms with Crippen LogP contribution in [0.15, 0.2) is 402 Å². The molecule has 0 fully saturated rings. The molecule has 135 heavy (non-hydrogen) atoms. The fourth-order valence-corrected chi connectivity index (χ4v) is 20.3. The summed E-state index contributed by atoms with van der Waals surface area (Å²) >= 11 is 5.06. The summed E-state index contributed by atoms with van der Waals surface area (Å²) < 4.78 is 10.3. The molecule has 0 saturated carbocycles. The number of benzene rings is 12. The van der Waals surface area contributed by atoms with Crippen molar-refractivity contribution in [2.24, 2.45) is 0 Å². The average Bonchev–Trinajstić information content (AvgIpc) is 1.58. The number of hydrogen-bond acceptors (Lipinski definition) is 14. The Morgan fingerprint density at radius 2 is 0.652 bits per heavy atom. The third kappa shape index (κ3) is 16.7. The first-order valence-corrected chi connectivity index (χ1v) is 45.4. The topological polar surface area (TPSA) is 157 Å². The second-order valence-corrected chi connectivity index (χ2v) is 34.7. The van der Waals surface area contributed by atoms with E-state index in [1.807, 2.05) is 153 Å². The van der Waals surface area contributed by atoms with Gasteiger partial charge in [0.05, 0.1) is 22.2 Å². The maximum Gasteiger partial charge on any atom is 2.00 e. The van der Waals surface area contributed by atoms with E-state index >= 15 is 0 Å². The fraction of sp³-hybridized carbons (Fsp3) is 0. The Hall–Kier alpha value is -15.0. The van der Waals surface area contributed by atoms with Crippen molar-refractivity contribution in [3.63, 3.8) is 0 Å². The largest absolute Gasteiger partial charge is 2.00 e. The first-order valence-electron chi connectivity index (χ1n) is 42.9. The van der Waals surface area contributed by atoms with Crippen LogP contribution in [0.25, 0.3) is 234 Å². The number of fused-ring (bicyclic) bond motifs is 12. The van der Waals surface area contributed by atoms with Crippen LogP contribution in [-0.2, 0) is 63.2 Å². The van der Waals surface area contributed by atoms with Gasteiger partial charge in [-0.1, -0.05) is 167 Å². The predicted molar refractivity (Wildman–Crippen MR) is 537 cm³/mol. The number of hydrogen-bond donors (Lipinski definition) is 0. The van der Waals surface area contributed by atoms with Gasteiger partial charge in [-0.25, -0.2) is 0 Å². The van der Waals surface area contributed by atoms with Gasteiger partial charge in [-0.15, -0.1) is 149 Å². The zero-order valence-corrected chi connectivity index (χ0v) is 80.3. The van der Waals surface area contributed by atoms with Crippen molar-refractivity contribution in [1.82, 2.24) is 68.5 Å². The Bertz CT molecular complexity index is 8770. The molecule has 0 amide bonds. The van der Waals surface area contributed by atoms with Crippen LogP contribution in [0.2, 0.25) is 0 Å². The summed E-state index contributed by atoms with van der Waals surface area (Å²) in [4.78, 5) is 51.0. The predicted octanol–water partition coefficient (Wildman–Crippen LogP) is 28.5. The maximum atomic E-state index is 5.07. The molecule has 0 radical (unpaired) electrons. The molecule has 0 aliphatic rings. The standard InChI is InChI=1S/2C40H23N5S.C35H20N4S.3Pt/c1-2-14-39-36(13-1)44-40(46-39)34-23-38-33(22-31(34)29-10-7-18-42-25-29)32-21-26(28-9-6-17-41-24-28)15-16-37(32)45(38)30-11-5-8-27(20-30)35-12-3-4-19-43-35;1-2-11-39-35(10-1)44-40(46-39)28-13-16-32-33-21-26(29-7-5-18-41-24-29)14-17-36(33)45(38(32)23-28)37-22-27(34-9-3-4-20-43-34)12-15-31(37)30-8-6-19-42-25-30;1-3-15-32-27(11-1)28-18-17-24(35-38-31-12-2-4-16-34(31)40-35)21-33(28)39(32)26-10-5-8-23(20-26)29-13-6-14-30(37-29)25-9-7-19-36-22-25;;;/h1-19,21-22,24-25H;1-21,24-25H;1-19,22H;;;/q3*-2;3*+2. The quantitative estimate of drug-likeness (QED) is 0.0955. The van der Waals surface area contributed by atoms with Crippen molar-refractivity contribution in [3.8, 4) is 138 Å². The third-order valence-electron chi connectivity index (χ3n) is 23.6. The number of rotatable bonds is 14. The molecular formula is C115H66N14Pt3S3. The summed E-state index contributed by atoms with van der Waals surface area (Å²) in [5.74, 6) is 0. The van der Waals surface area contributed by atoms with Crippen molar-refractivity contribution >= 4 is 130 Å². The van der Waals surface area contributed by atoms with Crippen LogP contribution in [0.4, 0.5) is 0 Å². The molecule has 0 atom stereocenters. The minimum Gasteiger partial charge on any atom is -0.346 e. The van der Waals surface area contributed by atoms with E-state index in [4.69, 9.17) is 19.9 Å². The summed E-state index contributed by atoms with van der Waals surface area (Å²) in [6, 6.07) is 135. The molecule has 0 aliphatic heterocycles. The molecule has 0 unspecified atom stereocenters. The molecule has 0 saturated heterocycles. The van der Waals surface area contributed by atoms with Crippen LogP contribution in [-0.4, -0.2) is 68.5 Å². The zero-order valence-electron chi connectivity index (χ0n) is 71.0. The number of thiazole rings is 3. The molecule has 20 heteroatoms. The van der Waals surface area contributed by atoms with Gasteiger partial charge in [-0.05, 0) is 209 Å². The maximum absolute atomic E-state index is 5.07. The molecule has 14 aromatic heterocycles. The number of para-hydroxylation sites is 4. The molecule has 26 rings (SSSR count). The molecule has 12 aromatic carbocycles. The Morgan fingerprint density at radius 1 is 0.230 bits per heavy atom. The van der Waals surface area contributed by atoms with Gasteiger partial charge in [0, 0.05) is 126 Å². The van der Waals surface area contributed by atoms with Gasteiger partial charge in [0.1, 0.15) is 0 Å². The molecule has 26 aromatic rings. The van der Waals surface area contributed by atoms with Crippen LogP contribution in [0.3, 0.4) is 0 Å². The first kappa shape index (κ1) is 86.7. The van der Waals surface area contributed by atoms with Crippen molar-refractivity contribution in [2.75, 3.05) is 0 Å². The van der Waals surface area contributed by atoms with Crippen LogP contribution in [0.1, 0.15) is 0 Å². The minimum atomic E-state index is 0. The smallest absolute Gasteiger partial charge is 0.346 e. The van der Waals surface area contributed by atoms with Gasteiger partial charge in [-0.3, -0.25) is 44.9 Å². The molecule has 0 N–H and O–H groups in total. The Balaban J connectivity index is 0.000000120. The molecule has 14 heterocycles. The van der Waals surface area contributed by atoms with E-state index < -0.39 is 0 Å². The van der Waals surface area contributed by atoms with Crippen molar-refractivity contribution in [1.29, 1.82) is 0 Å². The van der Waals surface area contributed by atoms with Crippen molar-refractivity contribution < 1.29 is 63.2 Å². The Labute approximate surface area is 830 Å². The summed E-state index contributed by atoms with van der Waals surface area (Å²) in [5, 5.41) is 9.57. The molecule has 0 spiro atoms. The van der Waals surface area contributed by atoms with Gasteiger partial charge in [0.15, 0.2) is 0 Å². The summed E-state index contributed by atoms with van der Waals surface area (Å²) in [6.45, 7) is 0. The molecule has 644 valence electrons. The van der Waals surface area contributed by atoms with Gasteiger partial charge < -0.3 is 23.7 Å². The van der Waals surface area contributed by atoms with Gasteiger partial charge in [0.2, 0.25) is 0 Å². The average molecular weight is 2330 g/mol. The monoisotopic (exact) mass is 2320 g/mol. The van der Waals surface area contributed by atoms with E-state index in [-0.39, 0.29) is 63.2 Å². The number of aromatic nitrogens is 14. The van der Waals surface area contributed by atoms with Crippen LogP contribution in [0.5, 0.6) is 0 Å².